The Labute approximate surface area is 129 Å². The van der Waals surface area contributed by atoms with Crippen molar-refractivity contribution in [2.75, 3.05) is 12.5 Å². The van der Waals surface area contributed by atoms with Crippen LogP contribution in [-0.2, 0) is 0 Å². The van der Waals surface area contributed by atoms with Crippen LogP contribution < -0.4 is 10.2 Å². The first-order chi connectivity index (χ1) is 10.8. The van der Waals surface area contributed by atoms with Gasteiger partial charge in [0.15, 0.2) is 0 Å². The maximum atomic E-state index is 5.29. The van der Waals surface area contributed by atoms with E-state index in [1.54, 1.807) is 13.3 Å². The Morgan fingerprint density at radius 1 is 1.09 bits per heavy atom. The van der Waals surface area contributed by atoms with Gasteiger partial charge in [-0.05, 0) is 36.8 Å². The average molecular weight is 291 g/mol. The van der Waals surface area contributed by atoms with E-state index in [0.29, 0.717) is 0 Å². The number of hydrogen-bond donors (Lipinski definition) is 1. The minimum atomic E-state index is 0.724. The number of aryl methyl sites for hydroxylation is 1. The van der Waals surface area contributed by atoms with Gasteiger partial charge >= 0.3 is 0 Å². The van der Waals surface area contributed by atoms with Crippen LogP contribution in [0.1, 0.15) is 11.1 Å². The van der Waals surface area contributed by atoms with Crippen molar-refractivity contribution >= 4 is 22.9 Å². The summed E-state index contributed by atoms with van der Waals surface area (Å²) in [5, 5.41) is 5.41. The molecule has 2 aromatic carbocycles. The third-order valence-electron chi connectivity index (χ3n) is 3.44. The lowest BCUT2D eigenvalue weighted by atomic mass is 10.1. The predicted molar refractivity (Wildman–Crippen MR) is 90.7 cm³/mol. The topological polar surface area (TPSA) is 46.5 Å². The molecule has 0 unspecified atom stereocenters. The monoisotopic (exact) mass is 291 g/mol. The number of aromatic nitrogens is 1. The van der Waals surface area contributed by atoms with Crippen molar-refractivity contribution in [1.29, 1.82) is 0 Å². The van der Waals surface area contributed by atoms with Gasteiger partial charge in [0, 0.05) is 10.9 Å². The highest BCUT2D eigenvalue weighted by atomic mass is 16.5. The van der Waals surface area contributed by atoms with Crippen molar-refractivity contribution in [3.05, 3.63) is 65.7 Å². The molecule has 0 spiro atoms. The van der Waals surface area contributed by atoms with Gasteiger partial charge in [-0.3, -0.25) is 5.43 Å². The Morgan fingerprint density at radius 2 is 1.86 bits per heavy atom. The molecule has 1 N–H and O–H groups in total. The van der Waals surface area contributed by atoms with E-state index in [2.05, 4.69) is 28.5 Å². The SMILES string of the molecule is COc1ccccc1C=NNc1cc(C)c2ccccc2n1. The molecule has 0 aliphatic heterocycles. The highest BCUT2D eigenvalue weighted by Crippen LogP contribution is 2.20. The molecule has 3 aromatic rings. The number of benzene rings is 2. The lowest BCUT2D eigenvalue weighted by molar-refractivity contribution is 0.414. The summed E-state index contributed by atoms with van der Waals surface area (Å²) in [6.07, 6.45) is 1.73. The largest absolute Gasteiger partial charge is 0.496 e. The van der Waals surface area contributed by atoms with Crippen LogP contribution in [-0.4, -0.2) is 18.3 Å². The summed E-state index contributed by atoms with van der Waals surface area (Å²) in [4.78, 5) is 4.55. The van der Waals surface area contributed by atoms with Gasteiger partial charge in [0.1, 0.15) is 11.6 Å². The van der Waals surface area contributed by atoms with E-state index in [-0.39, 0.29) is 0 Å². The highest BCUT2D eigenvalue weighted by Gasteiger charge is 2.01. The third-order valence-corrected chi connectivity index (χ3v) is 3.44. The molecule has 3 rings (SSSR count). The van der Waals surface area contributed by atoms with E-state index in [4.69, 9.17) is 4.74 Å². The molecule has 0 fully saturated rings. The molecule has 4 nitrogen and oxygen atoms in total. The molecule has 22 heavy (non-hydrogen) atoms. The molecule has 0 saturated heterocycles. The quantitative estimate of drug-likeness (QED) is 0.584. The first kappa shape index (κ1) is 14.1. The van der Waals surface area contributed by atoms with Gasteiger partial charge in [0.25, 0.3) is 0 Å². The van der Waals surface area contributed by atoms with Gasteiger partial charge < -0.3 is 4.74 Å². The zero-order chi connectivity index (χ0) is 15.4. The summed E-state index contributed by atoms with van der Waals surface area (Å²) >= 11 is 0. The summed E-state index contributed by atoms with van der Waals surface area (Å²) in [5.74, 6) is 1.51. The van der Waals surface area contributed by atoms with Crippen molar-refractivity contribution in [2.45, 2.75) is 6.92 Å². The number of methoxy groups -OCH3 is 1. The summed E-state index contributed by atoms with van der Waals surface area (Å²) in [6, 6.07) is 17.8. The number of hydrogen-bond acceptors (Lipinski definition) is 4. The van der Waals surface area contributed by atoms with Gasteiger partial charge in [-0.15, -0.1) is 0 Å². The zero-order valence-corrected chi connectivity index (χ0v) is 12.6. The molecule has 0 aliphatic carbocycles. The second kappa shape index (κ2) is 6.26. The smallest absolute Gasteiger partial charge is 0.147 e. The molecule has 1 aromatic heterocycles. The van der Waals surface area contributed by atoms with E-state index in [1.165, 1.54) is 5.56 Å². The lowest BCUT2D eigenvalue weighted by Crippen LogP contribution is -1.96. The van der Waals surface area contributed by atoms with Crippen molar-refractivity contribution in [1.82, 2.24) is 4.98 Å². The lowest BCUT2D eigenvalue weighted by Gasteiger charge is -2.06. The molecular weight excluding hydrogens is 274 g/mol. The zero-order valence-electron chi connectivity index (χ0n) is 12.6. The number of para-hydroxylation sites is 2. The predicted octanol–water partition coefficient (Wildman–Crippen LogP) is 4.00. The summed E-state index contributed by atoms with van der Waals surface area (Å²) < 4.78 is 5.29. The molecule has 0 amide bonds. The number of rotatable bonds is 4. The number of fused-ring (bicyclic) bond motifs is 1. The maximum absolute atomic E-state index is 5.29. The Balaban J connectivity index is 1.83. The fourth-order valence-corrected chi connectivity index (χ4v) is 2.35. The molecule has 110 valence electrons. The first-order valence-electron chi connectivity index (χ1n) is 7.06. The second-order valence-electron chi connectivity index (χ2n) is 4.95. The van der Waals surface area contributed by atoms with Gasteiger partial charge in [-0.2, -0.15) is 5.10 Å². The van der Waals surface area contributed by atoms with Gasteiger partial charge in [0.05, 0.1) is 18.8 Å². The molecule has 0 aliphatic rings. The van der Waals surface area contributed by atoms with Crippen molar-refractivity contribution in [3.63, 3.8) is 0 Å². The van der Waals surface area contributed by atoms with Crippen LogP contribution in [0.3, 0.4) is 0 Å². The fourth-order valence-electron chi connectivity index (χ4n) is 2.35. The van der Waals surface area contributed by atoms with Crippen LogP contribution in [0, 0.1) is 6.92 Å². The number of ether oxygens (including phenoxy) is 1. The number of nitrogens with zero attached hydrogens (tertiary/aromatic N) is 2. The molecule has 0 radical (unpaired) electrons. The fraction of sp³-hybridized carbons (Fsp3) is 0.111. The van der Waals surface area contributed by atoms with Crippen LogP contribution in [0.4, 0.5) is 5.82 Å². The number of hydrazone groups is 1. The van der Waals surface area contributed by atoms with Crippen LogP contribution in [0.5, 0.6) is 5.75 Å². The molecular formula is C18H17N3O. The highest BCUT2D eigenvalue weighted by molar-refractivity contribution is 5.85. The van der Waals surface area contributed by atoms with E-state index in [0.717, 1.165) is 28.0 Å². The third kappa shape index (κ3) is 2.91. The molecule has 0 bridgehead atoms. The summed E-state index contributed by atoms with van der Waals surface area (Å²) in [5.41, 5.74) is 6.02. The number of pyridine rings is 1. The summed E-state index contributed by atoms with van der Waals surface area (Å²) in [7, 11) is 1.65. The van der Waals surface area contributed by atoms with E-state index >= 15 is 0 Å². The number of anilines is 1. The normalized spacial score (nSPS) is 11.0. The minimum Gasteiger partial charge on any atom is -0.496 e. The van der Waals surface area contributed by atoms with Gasteiger partial charge in [0.2, 0.25) is 0 Å². The van der Waals surface area contributed by atoms with E-state index in [1.807, 2.05) is 48.5 Å². The van der Waals surface area contributed by atoms with Crippen LogP contribution in [0.2, 0.25) is 0 Å². The molecule has 0 atom stereocenters. The Morgan fingerprint density at radius 3 is 2.73 bits per heavy atom. The van der Waals surface area contributed by atoms with E-state index < -0.39 is 0 Å². The first-order valence-corrected chi connectivity index (χ1v) is 7.06. The van der Waals surface area contributed by atoms with Crippen LogP contribution in [0.25, 0.3) is 10.9 Å². The van der Waals surface area contributed by atoms with Crippen molar-refractivity contribution in [2.24, 2.45) is 5.10 Å². The molecule has 1 heterocycles. The van der Waals surface area contributed by atoms with E-state index in [9.17, 15) is 0 Å². The van der Waals surface area contributed by atoms with Crippen molar-refractivity contribution < 1.29 is 4.74 Å². The number of nitrogens with one attached hydrogen (secondary N) is 1. The average Bonchev–Trinajstić information content (AvgIpc) is 2.55. The Kier molecular flexibility index (Phi) is 4.01. The second-order valence-corrected chi connectivity index (χ2v) is 4.95. The Hall–Kier alpha value is -2.88. The Bertz CT molecular complexity index is 827. The summed E-state index contributed by atoms with van der Waals surface area (Å²) in [6.45, 7) is 2.07. The van der Waals surface area contributed by atoms with Crippen LogP contribution >= 0.6 is 0 Å². The molecule has 0 saturated carbocycles. The minimum absolute atomic E-state index is 0.724. The van der Waals surface area contributed by atoms with Crippen molar-refractivity contribution in [3.8, 4) is 5.75 Å². The van der Waals surface area contributed by atoms with Gasteiger partial charge in [-0.25, -0.2) is 4.98 Å². The molecule has 4 heteroatoms. The van der Waals surface area contributed by atoms with Gasteiger partial charge in [-0.1, -0.05) is 30.3 Å². The maximum Gasteiger partial charge on any atom is 0.147 e. The standard InChI is InChI=1S/C18H17N3O/c1-13-11-18(20-16-9-5-4-8-15(13)16)21-19-12-14-7-3-6-10-17(14)22-2/h3-12H,1-2H3,(H,20,21). The van der Waals surface area contributed by atoms with Crippen LogP contribution in [0.15, 0.2) is 59.7 Å².